The molecule has 1 saturated heterocycles. The maximum atomic E-state index is 14.4. The number of pyridine rings is 1. The number of nitrogens with zero attached hydrogens (tertiary/aromatic N) is 6. The highest BCUT2D eigenvalue weighted by Crippen LogP contribution is 2.31. The predicted octanol–water partition coefficient (Wildman–Crippen LogP) is 3.12. The number of hydrogen-bond donors (Lipinski definition) is 1. The first-order chi connectivity index (χ1) is 15.4. The van der Waals surface area contributed by atoms with Crippen molar-refractivity contribution in [1.29, 1.82) is 0 Å². The quantitative estimate of drug-likeness (QED) is 0.533. The molecule has 1 amide bonds. The molecule has 9 heteroatoms. The number of benzene rings is 1. The third-order valence-electron chi connectivity index (χ3n) is 6.02. The van der Waals surface area contributed by atoms with Gasteiger partial charge in [0.2, 0.25) is 0 Å². The summed E-state index contributed by atoms with van der Waals surface area (Å²) in [5.41, 5.74) is 3.22. The molecule has 1 aromatic carbocycles. The minimum atomic E-state index is -0.500. The zero-order valence-electron chi connectivity index (χ0n) is 18.2. The van der Waals surface area contributed by atoms with E-state index in [1.165, 1.54) is 6.07 Å². The van der Waals surface area contributed by atoms with Crippen LogP contribution in [0.1, 0.15) is 22.5 Å². The van der Waals surface area contributed by atoms with Crippen LogP contribution in [-0.4, -0.2) is 63.6 Å². The molecule has 0 spiro atoms. The number of imidazole rings is 1. The minimum absolute atomic E-state index is 0.225. The highest BCUT2D eigenvalue weighted by molar-refractivity contribution is 6.13. The molecule has 0 saturated carbocycles. The zero-order chi connectivity index (χ0) is 22.4. The Morgan fingerprint density at radius 1 is 1.25 bits per heavy atom. The second-order valence-corrected chi connectivity index (χ2v) is 8.42. The molecule has 0 bridgehead atoms. The molecule has 1 N–H and O–H groups in total. The molecular formula is C23H24FN7O. The number of halogens is 1. The number of aromatic nitrogens is 4. The molecule has 8 nitrogen and oxygen atoms in total. The fourth-order valence-corrected chi connectivity index (χ4v) is 4.36. The van der Waals surface area contributed by atoms with Crippen molar-refractivity contribution >= 4 is 33.8 Å². The number of carbonyl (C=O) groups excluding carboxylic acids is 1. The number of fused-ring (bicyclic) bond motifs is 2. The van der Waals surface area contributed by atoms with Crippen LogP contribution < -0.4 is 10.2 Å². The van der Waals surface area contributed by atoms with Gasteiger partial charge in [0.1, 0.15) is 5.52 Å². The van der Waals surface area contributed by atoms with Gasteiger partial charge in [0.25, 0.3) is 5.91 Å². The maximum Gasteiger partial charge on any atom is 0.257 e. The summed E-state index contributed by atoms with van der Waals surface area (Å²) < 4.78 is 16.0. The van der Waals surface area contributed by atoms with E-state index in [0.717, 1.165) is 30.6 Å². The Morgan fingerprint density at radius 2 is 2.09 bits per heavy atom. The van der Waals surface area contributed by atoms with Crippen molar-refractivity contribution in [3.63, 3.8) is 0 Å². The Morgan fingerprint density at radius 3 is 2.88 bits per heavy atom. The SMILES string of the molecule is Cc1cn2cc(NC(=O)c3ccc(N4CCC(N(C)C)C4)c4ccnnc34)cc(F)c2n1. The van der Waals surface area contributed by atoms with Crippen molar-refractivity contribution in [3.8, 4) is 0 Å². The lowest BCUT2D eigenvalue weighted by atomic mass is 10.1. The molecule has 1 fully saturated rings. The number of aryl methyl sites for hydroxylation is 1. The van der Waals surface area contributed by atoms with Gasteiger partial charge < -0.3 is 19.5 Å². The van der Waals surface area contributed by atoms with Gasteiger partial charge >= 0.3 is 0 Å². The summed E-state index contributed by atoms with van der Waals surface area (Å²) in [5, 5.41) is 11.9. The van der Waals surface area contributed by atoms with Gasteiger partial charge in [0.15, 0.2) is 11.5 Å². The van der Waals surface area contributed by atoms with E-state index >= 15 is 0 Å². The van der Waals surface area contributed by atoms with Crippen LogP contribution in [0, 0.1) is 12.7 Å². The second-order valence-electron chi connectivity index (χ2n) is 8.42. The van der Waals surface area contributed by atoms with Crippen LogP contribution >= 0.6 is 0 Å². The molecule has 4 aromatic rings. The first-order valence-electron chi connectivity index (χ1n) is 10.5. The third kappa shape index (κ3) is 3.54. The molecule has 1 aliphatic rings. The van der Waals surface area contributed by atoms with E-state index in [-0.39, 0.29) is 11.6 Å². The van der Waals surface area contributed by atoms with Gasteiger partial charge in [-0.2, -0.15) is 5.10 Å². The summed E-state index contributed by atoms with van der Waals surface area (Å²) in [7, 11) is 4.19. The lowest BCUT2D eigenvalue weighted by Gasteiger charge is -2.23. The molecular weight excluding hydrogens is 409 g/mol. The standard InChI is InChI=1S/C23H24FN7O/c1-14-11-31-12-15(10-19(24)22(31)26-14)27-23(32)18-4-5-20(17-6-8-25-28-21(17)18)30-9-7-16(13-30)29(2)3/h4-6,8,10-12,16H,7,9,13H2,1-3H3,(H,27,32). The number of rotatable bonds is 4. The molecule has 4 heterocycles. The Labute approximate surface area is 184 Å². The predicted molar refractivity (Wildman–Crippen MR) is 122 cm³/mol. The topological polar surface area (TPSA) is 78.7 Å². The first kappa shape index (κ1) is 20.3. The summed E-state index contributed by atoms with van der Waals surface area (Å²) in [4.78, 5) is 21.8. The molecule has 0 aliphatic carbocycles. The summed E-state index contributed by atoms with van der Waals surface area (Å²) >= 11 is 0. The lowest BCUT2D eigenvalue weighted by molar-refractivity contribution is 0.102. The smallest absolute Gasteiger partial charge is 0.257 e. The van der Waals surface area contributed by atoms with Crippen LogP contribution in [0.3, 0.4) is 0 Å². The monoisotopic (exact) mass is 433 g/mol. The molecule has 1 atom stereocenters. The van der Waals surface area contributed by atoms with Crippen LogP contribution in [0.2, 0.25) is 0 Å². The van der Waals surface area contributed by atoms with E-state index in [1.807, 2.05) is 12.1 Å². The van der Waals surface area contributed by atoms with Gasteiger partial charge in [0, 0.05) is 48.7 Å². The average Bonchev–Trinajstić information content (AvgIpc) is 3.40. The largest absolute Gasteiger partial charge is 0.369 e. The third-order valence-corrected chi connectivity index (χ3v) is 6.02. The number of amides is 1. The van der Waals surface area contributed by atoms with Crippen molar-refractivity contribution in [2.24, 2.45) is 0 Å². The van der Waals surface area contributed by atoms with E-state index in [4.69, 9.17) is 0 Å². The highest BCUT2D eigenvalue weighted by atomic mass is 19.1. The fraction of sp³-hybridized carbons (Fsp3) is 0.304. The van der Waals surface area contributed by atoms with Crippen LogP contribution in [0.5, 0.6) is 0 Å². The van der Waals surface area contributed by atoms with Gasteiger partial charge in [-0.15, -0.1) is 5.10 Å². The van der Waals surface area contributed by atoms with Crippen LogP contribution in [0.25, 0.3) is 16.6 Å². The van der Waals surface area contributed by atoms with Gasteiger partial charge in [-0.1, -0.05) is 0 Å². The number of carbonyl (C=O) groups is 1. The van der Waals surface area contributed by atoms with Crippen molar-refractivity contribution in [2.45, 2.75) is 19.4 Å². The molecule has 5 rings (SSSR count). The maximum absolute atomic E-state index is 14.4. The van der Waals surface area contributed by atoms with E-state index in [9.17, 15) is 9.18 Å². The number of likely N-dealkylation sites (N-methyl/N-ethyl adjacent to an activating group) is 1. The lowest BCUT2D eigenvalue weighted by Crippen LogP contribution is -2.31. The van der Waals surface area contributed by atoms with Crippen LogP contribution in [-0.2, 0) is 0 Å². The fourth-order valence-electron chi connectivity index (χ4n) is 4.36. The second kappa shape index (κ2) is 7.83. The molecule has 164 valence electrons. The van der Waals surface area contributed by atoms with Crippen molar-refractivity contribution in [3.05, 3.63) is 59.9 Å². The molecule has 1 unspecified atom stereocenters. The van der Waals surface area contributed by atoms with Gasteiger partial charge in [0.05, 0.1) is 23.1 Å². The Kier molecular flexibility index (Phi) is 4.97. The Balaban J connectivity index is 1.48. The van der Waals surface area contributed by atoms with Crippen molar-refractivity contribution in [1.82, 2.24) is 24.5 Å². The van der Waals surface area contributed by atoms with E-state index < -0.39 is 5.82 Å². The van der Waals surface area contributed by atoms with E-state index in [2.05, 4.69) is 44.4 Å². The Bertz CT molecular complexity index is 1330. The normalized spacial score (nSPS) is 16.4. The first-order valence-corrected chi connectivity index (χ1v) is 10.5. The molecule has 32 heavy (non-hydrogen) atoms. The number of nitrogens with one attached hydrogen (secondary N) is 1. The van der Waals surface area contributed by atoms with Gasteiger partial charge in [-0.3, -0.25) is 4.79 Å². The summed E-state index contributed by atoms with van der Waals surface area (Å²) in [6.07, 6.45) is 6.07. The zero-order valence-corrected chi connectivity index (χ0v) is 18.2. The highest BCUT2D eigenvalue weighted by Gasteiger charge is 2.26. The van der Waals surface area contributed by atoms with Crippen molar-refractivity contribution in [2.75, 3.05) is 37.4 Å². The van der Waals surface area contributed by atoms with E-state index in [1.54, 1.807) is 36.0 Å². The van der Waals surface area contributed by atoms with Gasteiger partial charge in [-0.25, -0.2) is 9.37 Å². The summed E-state index contributed by atoms with van der Waals surface area (Å²) in [6, 6.07) is 7.37. The van der Waals surface area contributed by atoms with Crippen LogP contribution in [0.15, 0.2) is 42.9 Å². The van der Waals surface area contributed by atoms with E-state index in [0.29, 0.717) is 28.5 Å². The minimum Gasteiger partial charge on any atom is -0.369 e. The van der Waals surface area contributed by atoms with Crippen LogP contribution in [0.4, 0.5) is 15.8 Å². The summed E-state index contributed by atoms with van der Waals surface area (Å²) in [6.45, 7) is 3.65. The molecule has 0 radical (unpaired) electrons. The van der Waals surface area contributed by atoms with Crippen molar-refractivity contribution < 1.29 is 9.18 Å². The molecule has 1 aliphatic heterocycles. The Hall–Kier alpha value is -3.59. The number of anilines is 2. The number of hydrogen-bond acceptors (Lipinski definition) is 6. The molecule has 3 aromatic heterocycles. The van der Waals surface area contributed by atoms with Gasteiger partial charge in [-0.05, 0) is 45.6 Å². The summed E-state index contributed by atoms with van der Waals surface area (Å²) in [5.74, 6) is -0.870. The average molecular weight is 433 g/mol.